The van der Waals surface area contributed by atoms with Gasteiger partial charge in [0, 0.05) is 12.6 Å². The fourth-order valence-electron chi connectivity index (χ4n) is 1.57. The van der Waals surface area contributed by atoms with Gasteiger partial charge in [0.25, 0.3) is 0 Å². The Morgan fingerprint density at radius 3 is 2.69 bits per heavy atom. The van der Waals surface area contributed by atoms with E-state index >= 15 is 0 Å². The van der Waals surface area contributed by atoms with Crippen molar-refractivity contribution in [3.63, 3.8) is 0 Å². The first kappa shape index (κ1) is 13.7. The number of nitrogens with zero attached hydrogens (tertiary/aromatic N) is 1. The fraction of sp³-hybridized carbons (Fsp3) is 0.692. The molecule has 0 fully saturated rings. The molecule has 1 heterocycles. The molecule has 1 atom stereocenters. The van der Waals surface area contributed by atoms with E-state index < -0.39 is 0 Å². The van der Waals surface area contributed by atoms with Gasteiger partial charge in [0.05, 0.1) is 0 Å². The fourth-order valence-corrected chi connectivity index (χ4v) is 2.27. The lowest BCUT2D eigenvalue weighted by atomic mass is 10.0. The minimum Gasteiger partial charge on any atom is -0.327 e. The van der Waals surface area contributed by atoms with Crippen molar-refractivity contribution in [1.82, 2.24) is 4.90 Å². The molecule has 92 valence electrons. The normalized spacial score (nSPS) is 13.6. The quantitative estimate of drug-likeness (QED) is 0.794. The Bertz CT molecular complexity index is 269. The van der Waals surface area contributed by atoms with E-state index in [1.54, 1.807) is 11.3 Å². The van der Waals surface area contributed by atoms with Crippen molar-refractivity contribution in [2.75, 3.05) is 20.1 Å². The highest BCUT2D eigenvalue weighted by Gasteiger charge is 2.08. The van der Waals surface area contributed by atoms with Crippen LogP contribution in [0, 0.1) is 5.92 Å². The molecule has 0 saturated heterocycles. The maximum absolute atomic E-state index is 6.03. The Morgan fingerprint density at radius 1 is 1.38 bits per heavy atom. The molecule has 1 aromatic heterocycles. The summed E-state index contributed by atoms with van der Waals surface area (Å²) in [6.45, 7) is 6.61. The maximum Gasteiger partial charge on any atom is 0.00740 e. The molecule has 0 amide bonds. The van der Waals surface area contributed by atoms with Crippen molar-refractivity contribution in [3.05, 3.63) is 22.4 Å². The molecule has 1 unspecified atom stereocenters. The van der Waals surface area contributed by atoms with E-state index in [9.17, 15) is 0 Å². The highest BCUT2D eigenvalue weighted by molar-refractivity contribution is 7.07. The summed E-state index contributed by atoms with van der Waals surface area (Å²) >= 11 is 1.77. The smallest absolute Gasteiger partial charge is 0.00740 e. The number of hydrogen-bond acceptors (Lipinski definition) is 3. The van der Waals surface area contributed by atoms with Crippen molar-refractivity contribution in [2.24, 2.45) is 11.7 Å². The Kier molecular flexibility index (Phi) is 6.03. The van der Waals surface area contributed by atoms with Gasteiger partial charge in [-0.3, -0.25) is 0 Å². The molecule has 0 aliphatic rings. The largest absolute Gasteiger partial charge is 0.327 e. The molecule has 0 radical (unpaired) electrons. The molecule has 2 N–H and O–H groups in total. The van der Waals surface area contributed by atoms with E-state index in [-0.39, 0.29) is 0 Å². The van der Waals surface area contributed by atoms with Crippen molar-refractivity contribution in [2.45, 2.75) is 32.7 Å². The topological polar surface area (TPSA) is 29.3 Å². The molecule has 0 aliphatic heterocycles. The highest BCUT2D eigenvalue weighted by atomic mass is 32.1. The summed E-state index contributed by atoms with van der Waals surface area (Å²) in [4.78, 5) is 2.37. The summed E-state index contributed by atoms with van der Waals surface area (Å²) in [7, 11) is 2.18. The van der Waals surface area contributed by atoms with Crippen LogP contribution < -0.4 is 5.73 Å². The molecular formula is C13H24N2S. The zero-order chi connectivity index (χ0) is 12.0. The molecule has 0 aromatic carbocycles. The van der Waals surface area contributed by atoms with Crippen LogP contribution in [0.25, 0.3) is 0 Å². The van der Waals surface area contributed by atoms with Crippen LogP contribution in [-0.4, -0.2) is 31.1 Å². The summed E-state index contributed by atoms with van der Waals surface area (Å²) in [6.07, 6.45) is 2.24. The zero-order valence-corrected chi connectivity index (χ0v) is 11.5. The third kappa shape index (κ3) is 5.10. The summed E-state index contributed by atoms with van der Waals surface area (Å²) in [5.74, 6) is 0.588. The van der Waals surface area contributed by atoms with E-state index in [0.29, 0.717) is 12.0 Å². The van der Waals surface area contributed by atoms with Crippen LogP contribution in [0.4, 0.5) is 0 Å². The predicted molar refractivity (Wildman–Crippen MR) is 73.0 cm³/mol. The Balaban J connectivity index is 2.13. The van der Waals surface area contributed by atoms with Gasteiger partial charge in [0.1, 0.15) is 0 Å². The number of rotatable bonds is 7. The van der Waals surface area contributed by atoms with Gasteiger partial charge in [0.2, 0.25) is 0 Å². The lowest BCUT2D eigenvalue weighted by Gasteiger charge is -2.21. The summed E-state index contributed by atoms with van der Waals surface area (Å²) in [5, 5.41) is 4.37. The molecule has 1 aromatic rings. The maximum atomic E-state index is 6.03. The van der Waals surface area contributed by atoms with Gasteiger partial charge in [-0.1, -0.05) is 13.8 Å². The van der Waals surface area contributed by atoms with Crippen LogP contribution in [0.3, 0.4) is 0 Å². The van der Waals surface area contributed by atoms with E-state index in [2.05, 4.69) is 42.6 Å². The van der Waals surface area contributed by atoms with Gasteiger partial charge >= 0.3 is 0 Å². The van der Waals surface area contributed by atoms with Gasteiger partial charge in [-0.25, -0.2) is 0 Å². The number of thiophene rings is 1. The summed E-state index contributed by atoms with van der Waals surface area (Å²) < 4.78 is 0. The van der Waals surface area contributed by atoms with Gasteiger partial charge in [-0.15, -0.1) is 0 Å². The average molecular weight is 240 g/mol. The first-order chi connectivity index (χ1) is 7.59. The zero-order valence-electron chi connectivity index (χ0n) is 10.6. The number of hydrogen-bond donors (Lipinski definition) is 1. The second kappa shape index (κ2) is 7.05. The molecule has 3 heteroatoms. The predicted octanol–water partition coefficient (Wildman–Crippen LogP) is 2.60. The number of nitrogens with two attached hydrogens (primary N) is 1. The molecule has 0 bridgehead atoms. The van der Waals surface area contributed by atoms with Crippen LogP contribution in [-0.2, 0) is 6.42 Å². The van der Waals surface area contributed by atoms with E-state index in [1.165, 1.54) is 5.56 Å². The molecular weight excluding hydrogens is 216 g/mol. The standard InChI is InChI=1S/C13H24N2S/c1-11(2)13(14)5-8-15(3)7-4-12-6-9-16-10-12/h6,9-11,13H,4-5,7-8,14H2,1-3H3. The van der Waals surface area contributed by atoms with Crippen LogP contribution in [0.5, 0.6) is 0 Å². The van der Waals surface area contributed by atoms with E-state index in [0.717, 1.165) is 25.9 Å². The van der Waals surface area contributed by atoms with Crippen LogP contribution >= 0.6 is 11.3 Å². The number of likely N-dealkylation sites (N-methyl/N-ethyl adjacent to an activating group) is 1. The Morgan fingerprint density at radius 2 is 2.12 bits per heavy atom. The Hall–Kier alpha value is -0.380. The monoisotopic (exact) mass is 240 g/mol. The molecule has 0 spiro atoms. The summed E-state index contributed by atoms with van der Waals surface area (Å²) in [6, 6.07) is 2.54. The van der Waals surface area contributed by atoms with Crippen LogP contribution in [0.1, 0.15) is 25.8 Å². The van der Waals surface area contributed by atoms with Crippen molar-refractivity contribution in [3.8, 4) is 0 Å². The molecule has 2 nitrogen and oxygen atoms in total. The molecule has 1 rings (SSSR count). The van der Waals surface area contributed by atoms with Gasteiger partial charge in [0.15, 0.2) is 0 Å². The highest BCUT2D eigenvalue weighted by Crippen LogP contribution is 2.08. The first-order valence-corrected chi connectivity index (χ1v) is 6.99. The van der Waals surface area contributed by atoms with Crippen molar-refractivity contribution >= 4 is 11.3 Å². The minimum atomic E-state index is 0.337. The van der Waals surface area contributed by atoms with Gasteiger partial charge < -0.3 is 10.6 Å². The third-order valence-electron chi connectivity index (χ3n) is 3.06. The van der Waals surface area contributed by atoms with Gasteiger partial charge in [-0.05, 0) is 54.7 Å². The third-order valence-corrected chi connectivity index (χ3v) is 3.79. The van der Waals surface area contributed by atoms with Crippen LogP contribution in [0.2, 0.25) is 0 Å². The molecule has 0 saturated carbocycles. The second-order valence-electron chi connectivity index (χ2n) is 4.88. The van der Waals surface area contributed by atoms with Gasteiger partial charge in [-0.2, -0.15) is 11.3 Å². The van der Waals surface area contributed by atoms with Crippen molar-refractivity contribution < 1.29 is 0 Å². The van der Waals surface area contributed by atoms with Crippen LogP contribution in [0.15, 0.2) is 16.8 Å². The van der Waals surface area contributed by atoms with Crippen molar-refractivity contribution in [1.29, 1.82) is 0 Å². The molecule has 16 heavy (non-hydrogen) atoms. The first-order valence-electron chi connectivity index (χ1n) is 6.04. The minimum absolute atomic E-state index is 0.337. The van der Waals surface area contributed by atoms with E-state index in [4.69, 9.17) is 5.73 Å². The Labute approximate surface area is 103 Å². The summed E-state index contributed by atoms with van der Waals surface area (Å²) in [5.41, 5.74) is 7.48. The van der Waals surface area contributed by atoms with E-state index in [1.807, 2.05) is 0 Å². The average Bonchev–Trinajstić information content (AvgIpc) is 2.75. The SMILES string of the molecule is CC(C)C(N)CCN(C)CCc1ccsc1. The lowest BCUT2D eigenvalue weighted by Crippen LogP contribution is -2.32. The molecule has 0 aliphatic carbocycles. The second-order valence-corrected chi connectivity index (χ2v) is 5.66. The lowest BCUT2D eigenvalue weighted by molar-refractivity contribution is 0.306.